The van der Waals surface area contributed by atoms with E-state index in [1.807, 2.05) is 30.3 Å². The third kappa shape index (κ3) is 2.35. The molecule has 6 heteroatoms. The summed E-state index contributed by atoms with van der Waals surface area (Å²) in [7, 11) is -4.42. The largest absolute Gasteiger partial charge is 0.507 e. The summed E-state index contributed by atoms with van der Waals surface area (Å²) in [6.45, 7) is 0. The van der Waals surface area contributed by atoms with Crippen LogP contribution in [0, 0.1) is 0 Å². The molecule has 3 rings (SSSR count). The van der Waals surface area contributed by atoms with Crippen molar-refractivity contribution in [3.63, 3.8) is 0 Å². The molecule has 2 aromatic carbocycles. The Labute approximate surface area is 116 Å². The van der Waals surface area contributed by atoms with Gasteiger partial charge in [-0.05, 0) is 18.4 Å². The van der Waals surface area contributed by atoms with E-state index in [2.05, 4.69) is 0 Å². The summed E-state index contributed by atoms with van der Waals surface area (Å²) in [6, 6.07) is 10.8. The molecule has 1 aliphatic heterocycles. The smallest absolute Gasteiger partial charge is 0.298 e. The number of benzene rings is 2. The van der Waals surface area contributed by atoms with Crippen molar-refractivity contribution >= 4 is 10.1 Å². The van der Waals surface area contributed by atoms with Crippen LogP contribution in [0.1, 0.15) is 11.1 Å². The van der Waals surface area contributed by atoms with Gasteiger partial charge < -0.3 is 9.84 Å². The lowest BCUT2D eigenvalue weighted by molar-refractivity contribution is 0.459. The van der Waals surface area contributed by atoms with Crippen LogP contribution in [0.15, 0.2) is 41.3 Å². The molecule has 0 radical (unpaired) electrons. The molecule has 2 N–H and O–H groups in total. The van der Waals surface area contributed by atoms with E-state index in [0.717, 1.165) is 5.56 Å². The van der Waals surface area contributed by atoms with E-state index >= 15 is 0 Å². The molecule has 0 spiro atoms. The minimum atomic E-state index is -4.42. The first-order valence-electron chi connectivity index (χ1n) is 6.05. The van der Waals surface area contributed by atoms with Gasteiger partial charge in [-0.3, -0.25) is 4.55 Å². The molecule has 0 saturated carbocycles. The van der Waals surface area contributed by atoms with Gasteiger partial charge in [-0.1, -0.05) is 30.3 Å². The summed E-state index contributed by atoms with van der Waals surface area (Å²) < 4.78 is 37.1. The predicted molar refractivity (Wildman–Crippen MR) is 71.8 cm³/mol. The highest BCUT2D eigenvalue weighted by Crippen LogP contribution is 2.54. The second kappa shape index (κ2) is 4.50. The summed E-state index contributed by atoms with van der Waals surface area (Å²) >= 11 is 0. The molecule has 5 nitrogen and oxygen atoms in total. The molecule has 0 saturated heterocycles. The van der Waals surface area contributed by atoms with E-state index in [1.54, 1.807) is 0 Å². The van der Waals surface area contributed by atoms with E-state index in [1.165, 1.54) is 6.07 Å². The fourth-order valence-corrected chi connectivity index (χ4v) is 3.13. The zero-order valence-corrected chi connectivity index (χ0v) is 11.2. The van der Waals surface area contributed by atoms with Crippen LogP contribution >= 0.6 is 0 Å². The van der Waals surface area contributed by atoms with Crippen molar-refractivity contribution in [3.05, 3.63) is 47.5 Å². The fraction of sp³-hybridized carbons (Fsp3) is 0.143. The van der Waals surface area contributed by atoms with Crippen molar-refractivity contribution in [2.24, 2.45) is 0 Å². The van der Waals surface area contributed by atoms with Gasteiger partial charge in [0.2, 0.25) is 0 Å². The highest BCUT2D eigenvalue weighted by Gasteiger charge is 2.36. The van der Waals surface area contributed by atoms with Crippen LogP contribution in [-0.4, -0.2) is 18.1 Å². The van der Waals surface area contributed by atoms with Crippen molar-refractivity contribution in [2.75, 3.05) is 0 Å². The maximum absolute atomic E-state index is 11.4. The summed E-state index contributed by atoms with van der Waals surface area (Å²) in [5.41, 5.74) is 1.20. The molecule has 0 unspecified atom stereocenters. The Morgan fingerprint density at radius 1 is 1.10 bits per heavy atom. The lowest BCUT2D eigenvalue weighted by Gasteiger charge is -2.07. The number of aryl methyl sites for hydroxylation is 1. The Hall–Kier alpha value is -2.05. The normalized spacial score (nSPS) is 12.7. The Balaban J connectivity index is 1.96. The van der Waals surface area contributed by atoms with Crippen LogP contribution in [0.4, 0.5) is 0 Å². The maximum atomic E-state index is 11.4. The van der Waals surface area contributed by atoms with Crippen molar-refractivity contribution < 1.29 is 22.8 Å². The third-order valence-corrected chi connectivity index (χ3v) is 4.16. The highest BCUT2D eigenvalue weighted by molar-refractivity contribution is 7.86. The average Bonchev–Trinajstić information content (AvgIpc) is 3.13. The summed E-state index contributed by atoms with van der Waals surface area (Å²) in [5.74, 6) is 0.247. The van der Waals surface area contributed by atoms with Gasteiger partial charge in [0.15, 0.2) is 11.5 Å². The SMILES string of the molecule is O=S(=O)(O)c1c(CCc2ccccc2)c(O)cc2c1O2. The van der Waals surface area contributed by atoms with Crippen LogP contribution in [0.3, 0.4) is 0 Å². The van der Waals surface area contributed by atoms with Gasteiger partial charge in [0, 0.05) is 11.6 Å². The molecular weight excluding hydrogens is 280 g/mol. The maximum Gasteiger partial charge on any atom is 0.298 e. The van der Waals surface area contributed by atoms with Gasteiger partial charge in [-0.2, -0.15) is 8.42 Å². The van der Waals surface area contributed by atoms with E-state index in [0.29, 0.717) is 18.6 Å². The minimum absolute atomic E-state index is 0.133. The second-order valence-electron chi connectivity index (χ2n) is 4.59. The summed E-state index contributed by atoms with van der Waals surface area (Å²) in [6.07, 6.45) is 0.845. The molecule has 0 atom stereocenters. The number of phenols is 1. The van der Waals surface area contributed by atoms with Crippen LogP contribution in [0.2, 0.25) is 0 Å². The van der Waals surface area contributed by atoms with E-state index < -0.39 is 10.1 Å². The van der Waals surface area contributed by atoms with Gasteiger partial charge in [0.05, 0.1) is 0 Å². The van der Waals surface area contributed by atoms with Crippen molar-refractivity contribution in [1.82, 2.24) is 0 Å². The fourth-order valence-electron chi connectivity index (χ4n) is 2.23. The molecule has 0 aliphatic carbocycles. The van der Waals surface area contributed by atoms with Gasteiger partial charge >= 0.3 is 0 Å². The average molecular weight is 292 g/mol. The molecule has 0 amide bonds. The number of hydrogen-bond donors (Lipinski definition) is 2. The van der Waals surface area contributed by atoms with Crippen molar-refractivity contribution in [3.8, 4) is 17.2 Å². The lowest BCUT2D eigenvalue weighted by atomic mass is 10.0. The van der Waals surface area contributed by atoms with Gasteiger partial charge in [0.1, 0.15) is 10.6 Å². The highest BCUT2D eigenvalue weighted by atomic mass is 32.2. The predicted octanol–water partition coefficient (Wildman–Crippen LogP) is 2.53. The monoisotopic (exact) mass is 292 g/mol. The van der Waals surface area contributed by atoms with Crippen molar-refractivity contribution in [1.29, 1.82) is 0 Å². The Kier molecular flexibility index (Phi) is 2.92. The number of hydrogen-bond acceptors (Lipinski definition) is 4. The number of rotatable bonds is 4. The molecule has 1 aliphatic rings. The number of fused-ring (bicyclic) bond motifs is 1. The summed E-state index contributed by atoms with van der Waals surface area (Å²) in [4.78, 5) is -0.316. The van der Waals surface area contributed by atoms with Gasteiger partial charge in [-0.15, -0.1) is 0 Å². The molecule has 1 heterocycles. The molecular formula is C14H12O5S. The first-order valence-corrected chi connectivity index (χ1v) is 7.49. The first-order chi connectivity index (χ1) is 9.47. The number of ether oxygens (including phenoxy) is 1. The third-order valence-electron chi connectivity index (χ3n) is 3.22. The number of aromatic hydroxyl groups is 1. The minimum Gasteiger partial charge on any atom is -0.507 e. The van der Waals surface area contributed by atoms with Gasteiger partial charge in [0.25, 0.3) is 10.1 Å². The standard InChI is InChI=1S/C14H12O5S/c15-11-8-12-13(19-12)14(20(16,17)18)10(11)7-6-9-4-2-1-3-5-9/h1-5,8,15H,6-7H2,(H,16,17,18). The van der Waals surface area contributed by atoms with E-state index in [9.17, 15) is 18.1 Å². The summed E-state index contributed by atoms with van der Waals surface area (Å²) in [5, 5.41) is 9.89. The molecule has 0 fully saturated rings. The van der Waals surface area contributed by atoms with Crippen LogP contribution in [0.5, 0.6) is 17.2 Å². The first kappa shape index (κ1) is 13.0. The Bertz CT molecular complexity index is 766. The quantitative estimate of drug-likeness (QED) is 0.570. The van der Waals surface area contributed by atoms with Crippen molar-refractivity contribution in [2.45, 2.75) is 17.7 Å². The topological polar surface area (TPSA) is 87.1 Å². The van der Waals surface area contributed by atoms with Crippen LogP contribution in [-0.2, 0) is 23.0 Å². The zero-order valence-electron chi connectivity index (χ0n) is 10.4. The van der Waals surface area contributed by atoms with Gasteiger partial charge in [-0.25, -0.2) is 0 Å². The number of phenolic OH excluding ortho intramolecular Hbond substituents is 1. The van der Waals surface area contributed by atoms with E-state index in [-0.39, 0.29) is 22.0 Å². The zero-order chi connectivity index (χ0) is 14.3. The molecule has 104 valence electrons. The Morgan fingerprint density at radius 3 is 2.45 bits per heavy atom. The second-order valence-corrected chi connectivity index (χ2v) is 5.95. The Morgan fingerprint density at radius 2 is 1.80 bits per heavy atom. The van der Waals surface area contributed by atoms with Crippen LogP contribution in [0.25, 0.3) is 0 Å². The molecule has 0 aromatic heterocycles. The van der Waals surface area contributed by atoms with Crippen LogP contribution < -0.4 is 4.74 Å². The molecule has 2 aromatic rings. The van der Waals surface area contributed by atoms with E-state index in [4.69, 9.17) is 4.74 Å². The molecule has 0 bridgehead atoms. The lowest BCUT2D eigenvalue weighted by Crippen LogP contribution is -2.03. The molecule has 20 heavy (non-hydrogen) atoms.